The number of anilines is 1. The Morgan fingerprint density at radius 1 is 1.30 bits per heavy atom. The highest BCUT2D eigenvalue weighted by molar-refractivity contribution is 6.01. The smallest absolute Gasteiger partial charge is 0.338 e. The van der Waals surface area contributed by atoms with E-state index in [4.69, 9.17) is 5.11 Å². The predicted molar refractivity (Wildman–Crippen MR) is 63.1 cm³/mol. The Morgan fingerprint density at radius 2 is 2.00 bits per heavy atom. The number of piperidine rings is 1. The average molecular weight is 284 g/mol. The van der Waals surface area contributed by atoms with E-state index < -0.39 is 41.0 Å². The van der Waals surface area contributed by atoms with E-state index in [1.807, 2.05) is 0 Å². The number of halogens is 2. The molecule has 0 radical (unpaired) electrons. The van der Waals surface area contributed by atoms with Crippen molar-refractivity contribution in [2.45, 2.75) is 18.9 Å². The Balaban J connectivity index is 2.22. The van der Waals surface area contributed by atoms with Crippen LogP contribution in [0.4, 0.5) is 14.5 Å². The summed E-state index contributed by atoms with van der Waals surface area (Å²) in [6.07, 6.45) is 0.229. The fourth-order valence-corrected chi connectivity index (χ4v) is 1.85. The molecule has 1 atom stereocenters. The molecule has 6 nitrogen and oxygen atoms in total. The van der Waals surface area contributed by atoms with Crippen molar-refractivity contribution in [2.75, 3.05) is 5.32 Å². The zero-order valence-corrected chi connectivity index (χ0v) is 10.1. The average Bonchev–Trinajstić information content (AvgIpc) is 2.37. The number of benzene rings is 1. The van der Waals surface area contributed by atoms with Crippen molar-refractivity contribution in [1.82, 2.24) is 5.32 Å². The van der Waals surface area contributed by atoms with Crippen LogP contribution in [0.3, 0.4) is 0 Å². The van der Waals surface area contributed by atoms with Gasteiger partial charge in [0.25, 0.3) is 0 Å². The molecule has 0 bridgehead atoms. The third kappa shape index (κ3) is 2.58. The van der Waals surface area contributed by atoms with Gasteiger partial charge in [0.2, 0.25) is 11.8 Å². The number of rotatable bonds is 3. The summed E-state index contributed by atoms with van der Waals surface area (Å²) in [6.45, 7) is 0. The molecule has 2 amide bonds. The second-order valence-electron chi connectivity index (χ2n) is 4.24. The van der Waals surface area contributed by atoms with Crippen molar-refractivity contribution in [3.05, 3.63) is 29.3 Å². The maximum atomic E-state index is 13.7. The molecular weight excluding hydrogens is 274 g/mol. The van der Waals surface area contributed by atoms with Crippen LogP contribution in [-0.4, -0.2) is 28.9 Å². The van der Waals surface area contributed by atoms with Crippen LogP contribution in [0.1, 0.15) is 23.2 Å². The van der Waals surface area contributed by atoms with E-state index >= 15 is 0 Å². The van der Waals surface area contributed by atoms with Crippen molar-refractivity contribution < 1.29 is 28.3 Å². The Morgan fingerprint density at radius 3 is 2.60 bits per heavy atom. The second kappa shape index (κ2) is 5.24. The molecule has 0 aliphatic carbocycles. The summed E-state index contributed by atoms with van der Waals surface area (Å²) in [6, 6.07) is 1.05. The van der Waals surface area contributed by atoms with E-state index in [1.54, 1.807) is 0 Å². The van der Waals surface area contributed by atoms with Gasteiger partial charge in [0.15, 0.2) is 11.6 Å². The van der Waals surface area contributed by atoms with Crippen LogP contribution in [0.15, 0.2) is 12.1 Å². The van der Waals surface area contributed by atoms with Crippen molar-refractivity contribution in [3.8, 4) is 0 Å². The maximum Gasteiger partial charge on any atom is 0.338 e. The van der Waals surface area contributed by atoms with E-state index in [9.17, 15) is 23.2 Å². The molecule has 1 saturated heterocycles. The first kappa shape index (κ1) is 13.9. The van der Waals surface area contributed by atoms with Crippen LogP contribution in [-0.2, 0) is 9.59 Å². The van der Waals surface area contributed by atoms with Crippen molar-refractivity contribution in [1.29, 1.82) is 0 Å². The van der Waals surface area contributed by atoms with Crippen LogP contribution in [0.5, 0.6) is 0 Å². The van der Waals surface area contributed by atoms with Gasteiger partial charge in [-0.25, -0.2) is 13.6 Å². The van der Waals surface area contributed by atoms with Gasteiger partial charge in [0.05, 0.1) is 11.3 Å². The van der Waals surface area contributed by atoms with Crippen molar-refractivity contribution >= 4 is 23.5 Å². The summed E-state index contributed by atoms with van der Waals surface area (Å²) >= 11 is 0. The van der Waals surface area contributed by atoms with Crippen molar-refractivity contribution in [2.24, 2.45) is 0 Å². The number of carbonyl (C=O) groups is 3. The first-order valence-electron chi connectivity index (χ1n) is 5.71. The summed E-state index contributed by atoms with van der Waals surface area (Å²) in [5.74, 6) is -5.54. The van der Waals surface area contributed by atoms with Gasteiger partial charge in [-0.3, -0.25) is 14.9 Å². The van der Waals surface area contributed by atoms with Gasteiger partial charge in [-0.2, -0.15) is 0 Å². The van der Waals surface area contributed by atoms with Crippen LogP contribution >= 0.6 is 0 Å². The fourth-order valence-electron chi connectivity index (χ4n) is 1.85. The lowest BCUT2D eigenvalue weighted by molar-refractivity contribution is -0.133. The predicted octanol–water partition coefficient (Wildman–Crippen LogP) is 0.880. The van der Waals surface area contributed by atoms with Gasteiger partial charge < -0.3 is 10.4 Å². The molecule has 1 aliphatic heterocycles. The monoisotopic (exact) mass is 284 g/mol. The summed E-state index contributed by atoms with van der Waals surface area (Å²) < 4.78 is 27.2. The molecule has 0 spiro atoms. The van der Waals surface area contributed by atoms with E-state index in [0.717, 1.165) is 12.1 Å². The lowest BCUT2D eigenvalue weighted by Crippen LogP contribution is -2.47. The molecule has 0 aromatic heterocycles. The third-order valence-electron chi connectivity index (χ3n) is 2.88. The summed E-state index contributed by atoms with van der Waals surface area (Å²) in [7, 11) is 0. The van der Waals surface area contributed by atoms with Crippen LogP contribution in [0.2, 0.25) is 0 Å². The number of hydrogen-bond acceptors (Lipinski definition) is 4. The van der Waals surface area contributed by atoms with E-state index in [0.29, 0.717) is 0 Å². The fraction of sp³-hybridized carbons (Fsp3) is 0.250. The molecule has 1 fully saturated rings. The number of nitrogens with one attached hydrogen (secondary N) is 2. The molecule has 2 rings (SSSR count). The molecule has 8 heteroatoms. The molecule has 1 unspecified atom stereocenters. The first-order valence-corrected chi connectivity index (χ1v) is 5.71. The van der Waals surface area contributed by atoms with E-state index in [2.05, 4.69) is 10.6 Å². The minimum atomic E-state index is -1.59. The Hall–Kier alpha value is -2.51. The summed E-state index contributed by atoms with van der Waals surface area (Å²) in [4.78, 5) is 33.1. The molecular formula is C12H10F2N2O4. The molecule has 1 aliphatic rings. The minimum Gasteiger partial charge on any atom is -0.478 e. The Labute approximate surface area is 111 Å². The lowest BCUT2D eigenvalue weighted by Gasteiger charge is -2.23. The maximum absolute atomic E-state index is 13.7. The zero-order chi connectivity index (χ0) is 14.9. The number of amides is 2. The quantitative estimate of drug-likeness (QED) is 0.716. The standard InChI is InChI=1S/C12H10F2N2O4/c13-9-5(12(19)20)1-2-6(10(9)14)15-7-3-4-8(17)16-11(7)18/h1-2,7,15H,3-4H2,(H,19,20)(H,16,17,18). The largest absolute Gasteiger partial charge is 0.478 e. The summed E-state index contributed by atoms with van der Waals surface area (Å²) in [5.41, 5.74) is -1.13. The van der Waals surface area contributed by atoms with Gasteiger partial charge in [0.1, 0.15) is 6.04 Å². The molecule has 1 aromatic rings. The van der Waals surface area contributed by atoms with Crippen LogP contribution in [0.25, 0.3) is 0 Å². The van der Waals surface area contributed by atoms with Crippen LogP contribution in [0, 0.1) is 11.6 Å². The van der Waals surface area contributed by atoms with Gasteiger partial charge in [-0.1, -0.05) is 0 Å². The van der Waals surface area contributed by atoms with Crippen LogP contribution < -0.4 is 10.6 Å². The topological polar surface area (TPSA) is 95.5 Å². The van der Waals surface area contributed by atoms with Gasteiger partial charge >= 0.3 is 5.97 Å². The van der Waals surface area contributed by atoms with Gasteiger partial charge in [-0.15, -0.1) is 0 Å². The molecule has 1 aromatic carbocycles. The van der Waals surface area contributed by atoms with Gasteiger partial charge in [0, 0.05) is 6.42 Å². The SMILES string of the molecule is O=C1CCC(Nc2ccc(C(=O)O)c(F)c2F)C(=O)N1. The highest BCUT2D eigenvalue weighted by Gasteiger charge is 2.28. The van der Waals surface area contributed by atoms with Gasteiger partial charge in [-0.05, 0) is 18.6 Å². The molecule has 3 N–H and O–H groups in total. The molecule has 20 heavy (non-hydrogen) atoms. The number of imide groups is 1. The van der Waals surface area contributed by atoms with Crippen molar-refractivity contribution in [3.63, 3.8) is 0 Å². The number of carboxylic acid groups (broad SMARTS) is 1. The van der Waals surface area contributed by atoms with E-state index in [1.165, 1.54) is 0 Å². The first-order chi connectivity index (χ1) is 9.40. The highest BCUT2D eigenvalue weighted by Crippen LogP contribution is 2.22. The molecule has 0 saturated carbocycles. The highest BCUT2D eigenvalue weighted by atomic mass is 19.2. The molecule has 1 heterocycles. The Bertz CT molecular complexity index is 603. The third-order valence-corrected chi connectivity index (χ3v) is 2.88. The second-order valence-corrected chi connectivity index (χ2v) is 4.24. The summed E-state index contributed by atoms with van der Waals surface area (Å²) in [5, 5.41) is 13.2. The minimum absolute atomic E-state index is 0.0840. The number of carboxylic acids is 1. The number of carbonyl (C=O) groups excluding carboxylic acids is 2. The molecule has 106 valence electrons. The number of aromatic carboxylic acids is 1. The number of hydrogen-bond donors (Lipinski definition) is 3. The van der Waals surface area contributed by atoms with E-state index in [-0.39, 0.29) is 18.5 Å². The lowest BCUT2D eigenvalue weighted by atomic mass is 10.1. The normalized spacial score (nSPS) is 18.6. The zero-order valence-electron chi connectivity index (χ0n) is 10.1. The Kier molecular flexibility index (Phi) is 3.64.